The van der Waals surface area contributed by atoms with Gasteiger partial charge in [-0.3, -0.25) is 4.79 Å². The molecule has 0 fully saturated rings. The standard InChI is InChI=1S/C8H5BrF2O/c1-4-6(9)2-7(10)5(3-12)8(4)11/h2-3H,1H3. The van der Waals surface area contributed by atoms with E-state index in [1.807, 2.05) is 0 Å². The molecule has 0 aliphatic carbocycles. The molecule has 0 aromatic heterocycles. The summed E-state index contributed by atoms with van der Waals surface area (Å²) in [6.07, 6.45) is 0.171. The van der Waals surface area contributed by atoms with Crippen LogP contribution in [0.3, 0.4) is 0 Å². The summed E-state index contributed by atoms with van der Waals surface area (Å²) in [7, 11) is 0. The summed E-state index contributed by atoms with van der Waals surface area (Å²) in [6.45, 7) is 1.46. The fourth-order valence-electron chi connectivity index (χ4n) is 0.817. The van der Waals surface area contributed by atoms with Gasteiger partial charge in [-0.15, -0.1) is 0 Å². The van der Waals surface area contributed by atoms with Gasteiger partial charge in [-0.2, -0.15) is 0 Å². The first-order chi connectivity index (χ1) is 5.57. The van der Waals surface area contributed by atoms with Gasteiger partial charge in [0.2, 0.25) is 0 Å². The molecule has 0 saturated carbocycles. The van der Waals surface area contributed by atoms with Gasteiger partial charge in [-0.05, 0) is 18.6 Å². The molecular formula is C8H5BrF2O. The first-order valence-electron chi connectivity index (χ1n) is 3.17. The van der Waals surface area contributed by atoms with Crippen LogP contribution in [0.5, 0.6) is 0 Å². The molecule has 0 spiro atoms. The van der Waals surface area contributed by atoms with Crippen molar-refractivity contribution in [2.75, 3.05) is 0 Å². The lowest BCUT2D eigenvalue weighted by Crippen LogP contribution is -1.97. The molecule has 64 valence electrons. The fraction of sp³-hybridized carbons (Fsp3) is 0.125. The van der Waals surface area contributed by atoms with Crippen molar-refractivity contribution in [3.63, 3.8) is 0 Å². The normalized spacial score (nSPS) is 10.0. The fourth-order valence-corrected chi connectivity index (χ4v) is 1.19. The van der Waals surface area contributed by atoms with Crippen LogP contribution in [0, 0.1) is 18.6 Å². The molecule has 0 bridgehead atoms. The quantitative estimate of drug-likeness (QED) is 0.684. The first-order valence-corrected chi connectivity index (χ1v) is 3.96. The maximum Gasteiger partial charge on any atom is 0.155 e. The van der Waals surface area contributed by atoms with Crippen molar-refractivity contribution in [1.82, 2.24) is 0 Å². The Morgan fingerprint density at radius 2 is 2.08 bits per heavy atom. The number of hydrogen-bond acceptors (Lipinski definition) is 1. The first kappa shape index (κ1) is 9.32. The molecule has 0 saturated heterocycles. The third-order valence-electron chi connectivity index (χ3n) is 1.55. The summed E-state index contributed by atoms with van der Waals surface area (Å²) in [5, 5.41) is 0. The van der Waals surface area contributed by atoms with E-state index in [4.69, 9.17) is 0 Å². The van der Waals surface area contributed by atoms with E-state index in [0.29, 0.717) is 4.47 Å². The third kappa shape index (κ3) is 1.39. The Morgan fingerprint density at radius 3 is 2.58 bits per heavy atom. The zero-order valence-electron chi connectivity index (χ0n) is 6.20. The van der Waals surface area contributed by atoms with Crippen LogP contribution in [-0.2, 0) is 0 Å². The monoisotopic (exact) mass is 234 g/mol. The van der Waals surface area contributed by atoms with Crippen molar-refractivity contribution in [2.24, 2.45) is 0 Å². The van der Waals surface area contributed by atoms with Crippen molar-refractivity contribution in [2.45, 2.75) is 6.92 Å². The SMILES string of the molecule is Cc1c(Br)cc(F)c(C=O)c1F. The topological polar surface area (TPSA) is 17.1 Å². The van der Waals surface area contributed by atoms with Crippen LogP contribution in [-0.4, -0.2) is 6.29 Å². The molecule has 0 aliphatic heterocycles. The molecule has 1 rings (SSSR count). The second kappa shape index (κ2) is 3.31. The highest BCUT2D eigenvalue weighted by Crippen LogP contribution is 2.23. The lowest BCUT2D eigenvalue weighted by molar-refractivity contribution is 0.111. The Labute approximate surface area is 76.5 Å². The maximum absolute atomic E-state index is 13.0. The van der Waals surface area contributed by atoms with Crippen LogP contribution in [0.4, 0.5) is 8.78 Å². The van der Waals surface area contributed by atoms with Gasteiger partial charge in [0.05, 0.1) is 5.56 Å². The van der Waals surface area contributed by atoms with Crippen molar-refractivity contribution >= 4 is 22.2 Å². The second-order valence-corrected chi connectivity index (χ2v) is 3.17. The average Bonchev–Trinajstić information content (AvgIpc) is 2.01. The Kier molecular flexibility index (Phi) is 2.57. The summed E-state index contributed by atoms with van der Waals surface area (Å²) >= 11 is 2.96. The van der Waals surface area contributed by atoms with Gasteiger partial charge in [0.25, 0.3) is 0 Å². The summed E-state index contributed by atoms with van der Waals surface area (Å²) in [4.78, 5) is 10.2. The molecule has 0 aliphatic rings. The van der Waals surface area contributed by atoms with E-state index in [0.717, 1.165) is 6.07 Å². The zero-order valence-corrected chi connectivity index (χ0v) is 7.78. The van der Waals surface area contributed by atoms with Crippen LogP contribution in [0.15, 0.2) is 10.5 Å². The van der Waals surface area contributed by atoms with Gasteiger partial charge >= 0.3 is 0 Å². The van der Waals surface area contributed by atoms with Crippen LogP contribution in [0.1, 0.15) is 15.9 Å². The number of rotatable bonds is 1. The van der Waals surface area contributed by atoms with Crippen LogP contribution >= 0.6 is 15.9 Å². The van der Waals surface area contributed by atoms with Crippen LogP contribution in [0.2, 0.25) is 0 Å². The number of halogens is 3. The molecule has 4 heteroatoms. The maximum atomic E-state index is 13.0. The number of hydrogen-bond donors (Lipinski definition) is 0. The highest BCUT2D eigenvalue weighted by Gasteiger charge is 2.13. The van der Waals surface area contributed by atoms with Gasteiger partial charge in [-0.1, -0.05) is 15.9 Å². The van der Waals surface area contributed by atoms with Crippen LogP contribution < -0.4 is 0 Å². The second-order valence-electron chi connectivity index (χ2n) is 2.31. The number of carbonyl (C=O) groups excluding carboxylic acids is 1. The molecular weight excluding hydrogens is 230 g/mol. The van der Waals surface area contributed by atoms with E-state index in [-0.39, 0.29) is 11.8 Å². The predicted molar refractivity (Wildman–Crippen MR) is 44.2 cm³/mol. The number of aldehydes is 1. The summed E-state index contributed by atoms with van der Waals surface area (Å²) < 4.78 is 26.1. The molecule has 1 aromatic carbocycles. The highest BCUT2D eigenvalue weighted by atomic mass is 79.9. The Balaban J connectivity index is 3.51. The van der Waals surface area contributed by atoms with Crippen molar-refractivity contribution in [1.29, 1.82) is 0 Å². The minimum atomic E-state index is -0.847. The molecule has 0 N–H and O–H groups in total. The van der Waals surface area contributed by atoms with E-state index in [1.165, 1.54) is 6.92 Å². The molecule has 1 nitrogen and oxygen atoms in total. The summed E-state index contributed by atoms with van der Waals surface area (Å²) in [6, 6.07) is 1.07. The summed E-state index contributed by atoms with van der Waals surface area (Å²) in [5.74, 6) is -1.66. The molecule has 0 radical (unpaired) electrons. The van der Waals surface area contributed by atoms with Gasteiger partial charge < -0.3 is 0 Å². The van der Waals surface area contributed by atoms with Crippen molar-refractivity contribution < 1.29 is 13.6 Å². The molecule has 12 heavy (non-hydrogen) atoms. The predicted octanol–water partition coefficient (Wildman–Crippen LogP) is 2.85. The zero-order chi connectivity index (χ0) is 9.30. The summed E-state index contributed by atoms with van der Waals surface area (Å²) in [5.41, 5.74) is -0.283. The molecule has 0 unspecified atom stereocenters. The van der Waals surface area contributed by atoms with Gasteiger partial charge in [-0.25, -0.2) is 8.78 Å². The number of benzene rings is 1. The van der Waals surface area contributed by atoms with Gasteiger partial charge in [0.15, 0.2) is 6.29 Å². The lowest BCUT2D eigenvalue weighted by atomic mass is 10.1. The molecule has 1 aromatic rings. The van der Waals surface area contributed by atoms with E-state index >= 15 is 0 Å². The van der Waals surface area contributed by atoms with Crippen LogP contribution in [0.25, 0.3) is 0 Å². The molecule has 0 atom stereocenters. The third-order valence-corrected chi connectivity index (χ3v) is 2.38. The van der Waals surface area contributed by atoms with Gasteiger partial charge in [0.1, 0.15) is 11.6 Å². The van der Waals surface area contributed by atoms with E-state index in [1.54, 1.807) is 0 Å². The minimum absolute atomic E-state index is 0.171. The Bertz CT molecular complexity index is 336. The van der Waals surface area contributed by atoms with Gasteiger partial charge in [0, 0.05) is 4.47 Å². The van der Waals surface area contributed by atoms with E-state index < -0.39 is 17.2 Å². The highest BCUT2D eigenvalue weighted by molar-refractivity contribution is 9.10. The molecule has 0 amide bonds. The van der Waals surface area contributed by atoms with Crippen molar-refractivity contribution in [3.05, 3.63) is 33.3 Å². The average molecular weight is 235 g/mol. The van der Waals surface area contributed by atoms with E-state index in [2.05, 4.69) is 15.9 Å². The smallest absolute Gasteiger partial charge is 0.155 e. The molecule has 0 heterocycles. The largest absolute Gasteiger partial charge is 0.298 e. The lowest BCUT2D eigenvalue weighted by Gasteiger charge is -2.02. The number of carbonyl (C=O) groups is 1. The minimum Gasteiger partial charge on any atom is -0.298 e. The van der Waals surface area contributed by atoms with Crippen molar-refractivity contribution in [3.8, 4) is 0 Å². The van der Waals surface area contributed by atoms with E-state index in [9.17, 15) is 13.6 Å². The Morgan fingerprint density at radius 1 is 1.50 bits per heavy atom. The Hall–Kier alpha value is -0.770.